The molecular weight excluding hydrogens is 224 g/mol. The Morgan fingerprint density at radius 1 is 0.611 bits per heavy atom. The molecule has 2 atom stereocenters. The summed E-state index contributed by atoms with van der Waals surface area (Å²) in [5.74, 6) is 0.646. The molecule has 0 heterocycles. The van der Waals surface area contributed by atoms with E-state index >= 15 is 0 Å². The second-order valence-corrected chi connectivity index (χ2v) is 5.79. The Kier molecular flexibility index (Phi) is 2.00. The molecule has 18 heavy (non-hydrogen) atoms. The largest absolute Gasteiger partial charge is 0.196 e. The molecule has 0 aliphatic heterocycles. The summed E-state index contributed by atoms with van der Waals surface area (Å²) >= 11 is 0. The van der Waals surface area contributed by atoms with E-state index in [0.717, 1.165) is 25.7 Å². The van der Waals surface area contributed by atoms with Gasteiger partial charge in [0.15, 0.2) is 10.8 Å². The van der Waals surface area contributed by atoms with Gasteiger partial charge in [0.25, 0.3) is 0 Å². The summed E-state index contributed by atoms with van der Waals surface area (Å²) in [4.78, 5) is 0. The zero-order chi connectivity index (χ0) is 13.0. The molecule has 3 fully saturated rings. The van der Waals surface area contributed by atoms with Crippen molar-refractivity contribution in [3.8, 4) is 24.3 Å². The van der Waals surface area contributed by atoms with Crippen LogP contribution in [-0.4, -0.2) is 0 Å². The van der Waals surface area contributed by atoms with Crippen LogP contribution in [0.25, 0.3) is 0 Å². The van der Waals surface area contributed by atoms with Gasteiger partial charge in [0.05, 0.1) is 24.3 Å². The van der Waals surface area contributed by atoms with Crippen LogP contribution in [0.3, 0.4) is 0 Å². The number of nitrogens with zero attached hydrogens (tertiary/aromatic N) is 4. The Bertz CT molecular complexity index is 477. The molecule has 3 aliphatic carbocycles. The summed E-state index contributed by atoms with van der Waals surface area (Å²) in [6.07, 6.45) is 4.13. The molecule has 4 heteroatoms. The molecule has 0 radical (unpaired) electrons. The minimum Gasteiger partial charge on any atom is -0.196 e. The van der Waals surface area contributed by atoms with Crippen LogP contribution in [0, 0.1) is 79.8 Å². The Morgan fingerprint density at radius 2 is 0.889 bits per heavy atom. The number of rotatable bonds is 2. The minimum absolute atomic E-state index is 0.0562. The molecule has 3 saturated carbocycles. The highest BCUT2D eigenvalue weighted by molar-refractivity contribution is 5.46. The van der Waals surface area contributed by atoms with Gasteiger partial charge in [-0.2, -0.15) is 21.0 Å². The molecular formula is C14H12N4. The first-order valence-electron chi connectivity index (χ1n) is 6.35. The molecule has 4 nitrogen and oxygen atoms in total. The van der Waals surface area contributed by atoms with Gasteiger partial charge < -0.3 is 0 Å². The fourth-order valence-electron chi connectivity index (χ4n) is 3.87. The highest BCUT2D eigenvalue weighted by Crippen LogP contribution is 2.74. The first kappa shape index (κ1) is 11.1. The summed E-state index contributed by atoms with van der Waals surface area (Å²) in [5, 5.41) is 37.7. The maximum Gasteiger partial charge on any atom is 0.179 e. The molecule has 0 unspecified atom stereocenters. The van der Waals surface area contributed by atoms with Gasteiger partial charge in [-0.3, -0.25) is 0 Å². The summed E-state index contributed by atoms with van der Waals surface area (Å²) in [5.41, 5.74) is -2.80. The third-order valence-corrected chi connectivity index (χ3v) is 4.97. The molecule has 0 bridgehead atoms. The first-order chi connectivity index (χ1) is 8.70. The summed E-state index contributed by atoms with van der Waals surface area (Å²) < 4.78 is 0. The van der Waals surface area contributed by atoms with E-state index in [1.165, 1.54) is 0 Å². The highest BCUT2D eigenvalue weighted by Gasteiger charge is 2.79. The molecule has 3 rings (SSSR count). The van der Waals surface area contributed by atoms with Crippen molar-refractivity contribution in [1.82, 2.24) is 0 Å². The second-order valence-electron chi connectivity index (χ2n) is 5.79. The molecule has 3 aliphatic rings. The molecule has 0 amide bonds. The zero-order valence-electron chi connectivity index (χ0n) is 9.93. The minimum atomic E-state index is -1.40. The van der Waals surface area contributed by atoms with Crippen molar-refractivity contribution in [2.45, 2.75) is 25.7 Å². The first-order valence-corrected chi connectivity index (χ1v) is 6.35. The average Bonchev–Trinajstić information content (AvgIpc) is 3.25. The molecule has 0 spiro atoms. The van der Waals surface area contributed by atoms with Crippen LogP contribution in [0.5, 0.6) is 0 Å². The Hall–Kier alpha value is -2.04. The SMILES string of the molecule is N#CC1(C#N)[C@H](C2CC2)[C@@H](C2CC2)C1(C#N)C#N. The van der Waals surface area contributed by atoms with E-state index in [9.17, 15) is 21.0 Å². The van der Waals surface area contributed by atoms with Crippen LogP contribution in [0.15, 0.2) is 0 Å². The van der Waals surface area contributed by atoms with E-state index in [1.807, 2.05) is 24.3 Å². The van der Waals surface area contributed by atoms with Crippen molar-refractivity contribution in [1.29, 1.82) is 21.0 Å². The average molecular weight is 236 g/mol. The van der Waals surface area contributed by atoms with Gasteiger partial charge in [0, 0.05) is 11.8 Å². The van der Waals surface area contributed by atoms with E-state index in [4.69, 9.17) is 0 Å². The van der Waals surface area contributed by atoms with Crippen molar-refractivity contribution in [2.24, 2.45) is 34.5 Å². The van der Waals surface area contributed by atoms with E-state index < -0.39 is 10.8 Å². The van der Waals surface area contributed by atoms with Crippen LogP contribution >= 0.6 is 0 Å². The van der Waals surface area contributed by atoms with Gasteiger partial charge in [-0.1, -0.05) is 0 Å². The molecule has 0 N–H and O–H groups in total. The van der Waals surface area contributed by atoms with Crippen LogP contribution < -0.4 is 0 Å². The summed E-state index contributed by atoms with van der Waals surface area (Å²) in [6.45, 7) is 0. The van der Waals surface area contributed by atoms with Gasteiger partial charge in [-0.25, -0.2) is 0 Å². The number of hydrogen-bond acceptors (Lipinski definition) is 4. The van der Waals surface area contributed by atoms with E-state index in [1.54, 1.807) is 0 Å². The fourth-order valence-corrected chi connectivity index (χ4v) is 3.87. The Balaban J connectivity index is 2.11. The van der Waals surface area contributed by atoms with Gasteiger partial charge >= 0.3 is 0 Å². The third kappa shape index (κ3) is 0.978. The Morgan fingerprint density at radius 3 is 1.06 bits per heavy atom. The molecule has 0 aromatic heterocycles. The van der Waals surface area contributed by atoms with Gasteiger partial charge in [0.2, 0.25) is 0 Å². The quantitative estimate of drug-likeness (QED) is 0.733. The summed E-state index contributed by atoms with van der Waals surface area (Å²) in [6, 6.07) is 8.14. The van der Waals surface area contributed by atoms with Crippen molar-refractivity contribution in [3.05, 3.63) is 0 Å². The number of nitriles is 4. The van der Waals surface area contributed by atoms with Crippen molar-refractivity contribution < 1.29 is 0 Å². The van der Waals surface area contributed by atoms with E-state index in [0.29, 0.717) is 11.8 Å². The van der Waals surface area contributed by atoms with E-state index in [-0.39, 0.29) is 11.8 Å². The van der Waals surface area contributed by atoms with Gasteiger partial charge in [0.1, 0.15) is 0 Å². The highest BCUT2D eigenvalue weighted by atomic mass is 14.8. The van der Waals surface area contributed by atoms with Crippen molar-refractivity contribution >= 4 is 0 Å². The van der Waals surface area contributed by atoms with Crippen LogP contribution in [0.1, 0.15) is 25.7 Å². The lowest BCUT2D eigenvalue weighted by Crippen LogP contribution is -2.64. The maximum absolute atomic E-state index is 9.43. The van der Waals surface area contributed by atoms with E-state index in [2.05, 4.69) is 0 Å². The summed E-state index contributed by atoms with van der Waals surface area (Å²) in [7, 11) is 0. The molecule has 0 saturated heterocycles. The fraction of sp³-hybridized carbons (Fsp3) is 0.714. The van der Waals surface area contributed by atoms with Crippen LogP contribution in [-0.2, 0) is 0 Å². The smallest absolute Gasteiger partial charge is 0.179 e. The monoisotopic (exact) mass is 236 g/mol. The molecule has 88 valence electrons. The van der Waals surface area contributed by atoms with Crippen LogP contribution in [0.4, 0.5) is 0 Å². The lowest BCUT2D eigenvalue weighted by molar-refractivity contribution is -0.0842. The van der Waals surface area contributed by atoms with Crippen molar-refractivity contribution in [3.63, 3.8) is 0 Å². The normalized spacial score (nSPS) is 35.1. The predicted octanol–water partition coefficient (Wildman–Crippen LogP) is 2.12. The third-order valence-electron chi connectivity index (χ3n) is 4.97. The second kappa shape index (κ2) is 3.25. The van der Waals surface area contributed by atoms with Crippen molar-refractivity contribution in [2.75, 3.05) is 0 Å². The Labute approximate surface area is 106 Å². The predicted molar refractivity (Wildman–Crippen MR) is 59.7 cm³/mol. The number of hydrogen-bond donors (Lipinski definition) is 0. The maximum atomic E-state index is 9.43. The standard InChI is InChI=1S/C14H12N4/c15-5-13(6-16)11(9-1-2-9)12(10-3-4-10)14(13,7-17)8-18/h9-12H,1-4H2/t11-,12-/m1/s1. The van der Waals surface area contributed by atoms with Gasteiger partial charge in [-0.05, 0) is 37.5 Å². The zero-order valence-corrected chi connectivity index (χ0v) is 9.93. The lowest BCUT2D eigenvalue weighted by Gasteiger charge is -2.56. The lowest BCUT2D eigenvalue weighted by atomic mass is 9.37. The molecule has 0 aromatic rings. The topological polar surface area (TPSA) is 95.2 Å². The van der Waals surface area contributed by atoms with Crippen LogP contribution in [0.2, 0.25) is 0 Å². The van der Waals surface area contributed by atoms with Gasteiger partial charge in [-0.15, -0.1) is 0 Å². The molecule has 0 aromatic carbocycles.